The Morgan fingerprint density at radius 1 is 1.10 bits per heavy atom. The van der Waals surface area contributed by atoms with Gasteiger partial charge in [0, 0.05) is 11.5 Å². The van der Waals surface area contributed by atoms with Crippen LogP contribution in [0.1, 0.15) is 53.1 Å². The molecule has 6 nitrogen and oxygen atoms in total. The molecule has 0 heterocycles. The van der Waals surface area contributed by atoms with Crippen LogP contribution >= 0.6 is 0 Å². The van der Waals surface area contributed by atoms with Crippen LogP contribution in [0.5, 0.6) is 0 Å². The summed E-state index contributed by atoms with van der Waals surface area (Å²) in [5, 5.41) is 12.2. The number of carbonyl (C=O) groups excluding carboxylic acids is 2. The van der Waals surface area contributed by atoms with Gasteiger partial charge in [0.25, 0.3) is 5.91 Å². The molecule has 29 heavy (non-hydrogen) atoms. The van der Waals surface area contributed by atoms with Crippen molar-refractivity contribution in [3.63, 3.8) is 0 Å². The van der Waals surface area contributed by atoms with Crippen LogP contribution in [0.15, 0.2) is 47.4 Å². The van der Waals surface area contributed by atoms with Crippen molar-refractivity contribution >= 4 is 21.5 Å². The van der Waals surface area contributed by atoms with Gasteiger partial charge in [-0.15, -0.1) is 0 Å². The fourth-order valence-corrected chi connectivity index (χ4v) is 3.60. The second-order valence-electron chi connectivity index (χ2n) is 6.89. The highest BCUT2D eigenvalue weighted by Gasteiger charge is 2.20. The van der Waals surface area contributed by atoms with Gasteiger partial charge < -0.3 is 10.4 Å². The number of hydrogen-bond acceptors (Lipinski definition) is 5. The van der Waals surface area contributed by atoms with Gasteiger partial charge in [-0.2, -0.15) is 0 Å². The summed E-state index contributed by atoms with van der Waals surface area (Å²) >= 11 is 0. The van der Waals surface area contributed by atoms with Crippen molar-refractivity contribution in [3.05, 3.63) is 65.0 Å². The van der Waals surface area contributed by atoms with E-state index in [2.05, 4.69) is 5.32 Å². The van der Waals surface area contributed by atoms with Crippen molar-refractivity contribution in [1.82, 2.24) is 5.32 Å². The molecular formula is C21H24FNO5S. The van der Waals surface area contributed by atoms with E-state index in [-0.39, 0.29) is 33.5 Å². The lowest BCUT2D eigenvalue weighted by molar-refractivity contribution is 0.0910. The van der Waals surface area contributed by atoms with Crippen LogP contribution in [0.3, 0.4) is 0 Å². The highest BCUT2D eigenvalue weighted by atomic mass is 32.2. The van der Waals surface area contributed by atoms with Gasteiger partial charge in [-0.1, -0.05) is 32.9 Å². The summed E-state index contributed by atoms with van der Waals surface area (Å²) in [5.41, 5.74) is 0.428. The van der Waals surface area contributed by atoms with Crippen molar-refractivity contribution in [1.29, 1.82) is 0 Å². The van der Waals surface area contributed by atoms with Gasteiger partial charge in [-0.3, -0.25) is 9.59 Å². The Morgan fingerprint density at radius 2 is 1.72 bits per heavy atom. The molecule has 2 aromatic rings. The van der Waals surface area contributed by atoms with Crippen LogP contribution in [0.4, 0.5) is 4.39 Å². The zero-order valence-corrected chi connectivity index (χ0v) is 17.3. The van der Waals surface area contributed by atoms with Gasteiger partial charge in [0.1, 0.15) is 5.82 Å². The van der Waals surface area contributed by atoms with E-state index in [1.807, 2.05) is 0 Å². The number of aliphatic hydroxyl groups excluding tert-OH is 1. The Labute approximate surface area is 169 Å². The topological polar surface area (TPSA) is 101 Å². The minimum absolute atomic E-state index is 0.00596. The lowest BCUT2D eigenvalue weighted by Crippen LogP contribution is -2.31. The Hall–Kier alpha value is -2.58. The molecule has 0 aromatic heterocycles. The van der Waals surface area contributed by atoms with Gasteiger partial charge in [0.2, 0.25) is 0 Å². The van der Waals surface area contributed by atoms with E-state index in [0.717, 1.165) is 6.07 Å². The molecule has 0 spiro atoms. The number of sulfone groups is 1. The molecule has 2 aromatic carbocycles. The molecule has 8 heteroatoms. The number of halogens is 1. The Morgan fingerprint density at radius 3 is 2.21 bits per heavy atom. The first-order valence-corrected chi connectivity index (χ1v) is 10.8. The predicted octanol–water partition coefficient (Wildman–Crippen LogP) is 2.92. The number of benzene rings is 2. The maximum atomic E-state index is 14.2. The molecule has 0 fully saturated rings. The van der Waals surface area contributed by atoms with Crippen LogP contribution in [-0.4, -0.2) is 37.6 Å². The molecule has 1 amide bonds. The van der Waals surface area contributed by atoms with Crippen LogP contribution in [0.2, 0.25) is 0 Å². The predicted molar refractivity (Wildman–Crippen MR) is 107 cm³/mol. The molecule has 0 aliphatic heterocycles. The first-order valence-electron chi connectivity index (χ1n) is 9.19. The van der Waals surface area contributed by atoms with E-state index in [1.54, 1.807) is 20.8 Å². The fraction of sp³-hybridized carbons (Fsp3) is 0.333. The smallest absolute Gasteiger partial charge is 0.251 e. The van der Waals surface area contributed by atoms with Crippen molar-refractivity contribution in [3.8, 4) is 0 Å². The summed E-state index contributed by atoms with van der Waals surface area (Å²) in [6.45, 7) is 4.42. The summed E-state index contributed by atoms with van der Waals surface area (Å²) in [7, 11) is -3.35. The third kappa shape index (κ3) is 5.27. The third-order valence-corrected chi connectivity index (χ3v) is 6.28. The zero-order chi connectivity index (χ0) is 21.8. The average Bonchev–Trinajstić information content (AvgIpc) is 2.71. The van der Waals surface area contributed by atoms with Gasteiger partial charge in [-0.05, 0) is 35.9 Å². The SMILES string of the molecule is CCS(=O)(=O)c1ccc([C@H](CO)NC(=O)c2ccc(C(=O)C(C)C)c(F)c2)cc1. The fourth-order valence-electron chi connectivity index (χ4n) is 2.72. The van der Waals surface area contributed by atoms with Gasteiger partial charge in [0.05, 0.1) is 28.9 Å². The van der Waals surface area contributed by atoms with Crippen LogP contribution in [0.25, 0.3) is 0 Å². The molecule has 0 saturated carbocycles. The van der Waals surface area contributed by atoms with Gasteiger partial charge in [0.15, 0.2) is 15.6 Å². The maximum Gasteiger partial charge on any atom is 0.251 e. The van der Waals surface area contributed by atoms with Crippen molar-refractivity contribution in [2.24, 2.45) is 5.92 Å². The van der Waals surface area contributed by atoms with Crippen molar-refractivity contribution < 1.29 is 27.5 Å². The lowest BCUT2D eigenvalue weighted by Gasteiger charge is -2.17. The highest BCUT2D eigenvalue weighted by Crippen LogP contribution is 2.19. The average molecular weight is 421 g/mol. The standard InChI is InChI=1S/C21H24FNO5S/c1-4-29(27,28)16-8-5-14(6-9-16)19(12-24)23-21(26)15-7-10-17(18(22)11-15)20(25)13(2)3/h5-11,13,19,24H,4,12H2,1-3H3,(H,23,26)/t19-/m0/s1. The Bertz CT molecular complexity index is 1000. The third-order valence-electron chi connectivity index (χ3n) is 4.53. The Kier molecular flexibility index (Phi) is 7.26. The van der Waals surface area contributed by atoms with Crippen molar-refractivity contribution in [2.75, 3.05) is 12.4 Å². The van der Waals surface area contributed by atoms with Gasteiger partial charge in [-0.25, -0.2) is 12.8 Å². The largest absolute Gasteiger partial charge is 0.394 e. The number of ketones is 1. The number of amides is 1. The lowest BCUT2D eigenvalue weighted by atomic mass is 9.99. The van der Waals surface area contributed by atoms with E-state index in [0.29, 0.717) is 5.56 Å². The van der Waals surface area contributed by atoms with E-state index >= 15 is 0 Å². The van der Waals surface area contributed by atoms with E-state index < -0.39 is 34.2 Å². The minimum Gasteiger partial charge on any atom is -0.394 e. The van der Waals surface area contributed by atoms with Gasteiger partial charge >= 0.3 is 0 Å². The number of aliphatic hydroxyl groups is 1. The highest BCUT2D eigenvalue weighted by molar-refractivity contribution is 7.91. The molecule has 0 aliphatic rings. The van der Waals surface area contributed by atoms with Crippen LogP contribution in [0, 0.1) is 11.7 Å². The first-order chi connectivity index (χ1) is 13.6. The number of hydrogen-bond donors (Lipinski definition) is 2. The minimum atomic E-state index is -3.35. The van der Waals surface area contributed by atoms with E-state index in [9.17, 15) is 27.5 Å². The number of rotatable bonds is 8. The molecule has 1 atom stereocenters. The van der Waals surface area contributed by atoms with Crippen LogP contribution in [-0.2, 0) is 9.84 Å². The molecule has 0 aliphatic carbocycles. The summed E-state index contributed by atoms with van der Waals surface area (Å²) < 4.78 is 38.0. The summed E-state index contributed by atoms with van der Waals surface area (Å²) in [6, 6.07) is 8.63. The maximum absolute atomic E-state index is 14.2. The summed E-state index contributed by atoms with van der Waals surface area (Å²) in [5.74, 6) is -2.18. The molecule has 2 rings (SSSR count). The molecule has 156 valence electrons. The molecule has 2 N–H and O–H groups in total. The summed E-state index contributed by atoms with van der Waals surface area (Å²) in [4.78, 5) is 24.6. The molecule has 0 unspecified atom stereocenters. The summed E-state index contributed by atoms with van der Waals surface area (Å²) in [6.07, 6.45) is 0. The normalized spacial score (nSPS) is 12.6. The quantitative estimate of drug-likeness (QED) is 0.639. The van der Waals surface area contributed by atoms with E-state index in [1.165, 1.54) is 36.4 Å². The first kappa shape index (κ1) is 22.7. The second kappa shape index (κ2) is 9.28. The molecule has 0 radical (unpaired) electrons. The van der Waals surface area contributed by atoms with Crippen molar-refractivity contribution in [2.45, 2.75) is 31.7 Å². The monoisotopic (exact) mass is 421 g/mol. The zero-order valence-electron chi connectivity index (χ0n) is 16.5. The van der Waals surface area contributed by atoms with E-state index in [4.69, 9.17) is 0 Å². The molecular weight excluding hydrogens is 397 g/mol. The second-order valence-corrected chi connectivity index (χ2v) is 9.17. The van der Waals surface area contributed by atoms with Crippen LogP contribution < -0.4 is 5.32 Å². The number of nitrogens with one attached hydrogen (secondary N) is 1. The Balaban J connectivity index is 2.20. The number of carbonyl (C=O) groups is 2. The molecule has 0 saturated heterocycles. The molecule has 0 bridgehead atoms. The number of Topliss-reactive ketones (excluding diaryl/α,β-unsaturated/α-hetero) is 1.